The molecule has 0 unspecified atom stereocenters. The van der Waals surface area contributed by atoms with Gasteiger partial charge in [-0.2, -0.15) is 5.10 Å². The molecule has 0 saturated carbocycles. The molecular formula is C19H14ClN3O2S2. The van der Waals surface area contributed by atoms with Crippen molar-refractivity contribution in [2.45, 2.75) is 6.61 Å². The third kappa shape index (κ3) is 3.95. The van der Waals surface area contributed by atoms with E-state index in [1.54, 1.807) is 17.0 Å². The third-order valence-electron chi connectivity index (χ3n) is 3.80. The van der Waals surface area contributed by atoms with Gasteiger partial charge in [0.15, 0.2) is 0 Å². The van der Waals surface area contributed by atoms with Crippen molar-refractivity contribution in [3.05, 3.63) is 63.7 Å². The number of hydrogen-bond donors (Lipinski definition) is 0. The van der Waals surface area contributed by atoms with Crippen LogP contribution >= 0.6 is 34.3 Å². The van der Waals surface area contributed by atoms with Gasteiger partial charge in [0.1, 0.15) is 11.6 Å². The first-order valence-corrected chi connectivity index (χ1v) is 10.1. The number of ether oxygens (including phenoxy) is 1. The van der Waals surface area contributed by atoms with Crippen molar-refractivity contribution in [2.24, 2.45) is 7.05 Å². The lowest BCUT2D eigenvalue weighted by Crippen LogP contribution is -2.00. The van der Waals surface area contributed by atoms with Crippen molar-refractivity contribution in [2.75, 3.05) is 0 Å². The first-order chi connectivity index (χ1) is 13.1. The van der Waals surface area contributed by atoms with E-state index in [4.69, 9.17) is 16.3 Å². The molecular weight excluding hydrogens is 402 g/mol. The average molecular weight is 416 g/mol. The molecule has 3 heterocycles. The van der Waals surface area contributed by atoms with Crippen LogP contribution < -0.4 is 0 Å². The highest BCUT2D eigenvalue weighted by Crippen LogP contribution is 2.35. The van der Waals surface area contributed by atoms with Crippen LogP contribution in [0.2, 0.25) is 5.02 Å². The summed E-state index contributed by atoms with van der Waals surface area (Å²) >= 11 is 9.40. The van der Waals surface area contributed by atoms with Gasteiger partial charge < -0.3 is 4.74 Å². The van der Waals surface area contributed by atoms with Gasteiger partial charge >= 0.3 is 5.97 Å². The molecule has 0 aliphatic carbocycles. The van der Waals surface area contributed by atoms with Crippen molar-refractivity contribution in [1.82, 2.24) is 14.8 Å². The van der Waals surface area contributed by atoms with E-state index in [-0.39, 0.29) is 6.61 Å². The number of nitrogens with zero attached hydrogens (tertiary/aromatic N) is 3. The number of hydrogen-bond acceptors (Lipinski definition) is 6. The lowest BCUT2D eigenvalue weighted by Gasteiger charge is -1.98. The Morgan fingerprint density at radius 3 is 3.00 bits per heavy atom. The lowest BCUT2D eigenvalue weighted by atomic mass is 10.2. The number of halogens is 1. The summed E-state index contributed by atoms with van der Waals surface area (Å²) in [6.07, 6.45) is 6.74. The molecule has 4 aromatic rings. The summed E-state index contributed by atoms with van der Waals surface area (Å²) < 4.78 is 8.08. The predicted molar refractivity (Wildman–Crippen MR) is 110 cm³/mol. The maximum Gasteiger partial charge on any atom is 0.331 e. The van der Waals surface area contributed by atoms with Gasteiger partial charge in [0.05, 0.1) is 16.9 Å². The van der Waals surface area contributed by atoms with Crippen LogP contribution in [0.4, 0.5) is 0 Å². The van der Waals surface area contributed by atoms with Gasteiger partial charge in [-0.05, 0) is 12.1 Å². The third-order valence-corrected chi connectivity index (χ3v) is 6.39. The average Bonchev–Trinajstić information content (AvgIpc) is 3.38. The topological polar surface area (TPSA) is 57.0 Å². The van der Waals surface area contributed by atoms with Gasteiger partial charge in [-0.1, -0.05) is 29.8 Å². The zero-order valence-corrected chi connectivity index (χ0v) is 16.6. The zero-order chi connectivity index (χ0) is 18.8. The summed E-state index contributed by atoms with van der Waals surface area (Å²) in [4.78, 5) is 17.3. The fraction of sp³-hybridized carbons (Fsp3) is 0.105. The van der Waals surface area contributed by atoms with E-state index in [1.165, 1.54) is 28.7 Å². The number of aryl methyl sites for hydroxylation is 1. The van der Waals surface area contributed by atoms with Crippen LogP contribution in [-0.2, 0) is 23.2 Å². The summed E-state index contributed by atoms with van der Waals surface area (Å²) in [5.41, 5.74) is 1.65. The van der Waals surface area contributed by atoms with E-state index in [1.807, 2.05) is 42.9 Å². The Hall–Kier alpha value is -2.48. The Bertz CT molecular complexity index is 1140. The maximum absolute atomic E-state index is 12.0. The van der Waals surface area contributed by atoms with Crippen LogP contribution in [0.5, 0.6) is 0 Å². The van der Waals surface area contributed by atoms with Crippen LogP contribution in [0.15, 0.2) is 48.1 Å². The molecule has 0 spiro atoms. The van der Waals surface area contributed by atoms with Gasteiger partial charge in [0, 0.05) is 45.2 Å². The molecule has 0 saturated heterocycles. The number of aromatic nitrogens is 3. The molecule has 0 atom stereocenters. The standard InChI is InChI=1S/C19H14ClN3O2S2/c1-23-9-12(8-21-23)19-22-13(11-26-19)10-25-17(24)7-6-16-18(20)14-4-2-3-5-15(14)27-16/h2-9,11H,10H2,1H3. The minimum Gasteiger partial charge on any atom is -0.456 e. The Labute approximate surface area is 168 Å². The number of carbonyl (C=O) groups excluding carboxylic acids is 1. The first-order valence-electron chi connectivity index (χ1n) is 8.05. The van der Waals surface area contributed by atoms with Gasteiger partial charge in [0.25, 0.3) is 0 Å². The minimum absolute atomic E-state index is 0.125. The predicted octanol–water partition coefficient (Wildman–Crippen LogP) is 5.17. The molecule has 0 aliphatic rings. The number of benzene rings is 1. The molecule has 5 nitrogen and oxygen atoms in total. The van der Waals surface area contributed by atoms with E-state index in [9.17, 15) is 4.79 Å². The second-order valence-electron chi connectivity index (χ2n) is 5.76. The maximum atomic E-state index is 12.0. The van der Waals surface area contributed by atoms with Crippen molar-refractivity contribution in [3.63, 3.8) is 0 Å². The molecule has 3 aromatic heterocycles. The normalized spacial score (nSPS) is 11.5. The first kappa shape index (κ1) is 17.9. The number of carbonyl (C=O) groups is 1. The van der Waals surface area contributed by atoms with Gasteiger partial charge in [-0.25, -0.2) is 9.78 Å². The van der Waals surface area contributed by atoms with Crippen molar-refractivity contribution in [1.29, 1.82) is 0 Å². The molecule has 27 heavy (non-hydrogen) atoms. The molecule has 0 aliphatic heterocycles. The fourth-order valence-corrected chi connectivity index (χ4v) is 4.69. The van der Waals surface area contributed by atoms with Gasteiger partial charge in [-0.3, -0.25) is 4.68 Å². The minimum atomic E-state index is -0.431. The van der Waals surface area contributed by atoms with E-state index >= 15 is 0 Å². The molecule has 0 N–H and O–H groups in total. The number of thiazole rings is 1. The van der Waals surface area contributed by atoms with Crippen molar-refractivity contribution >= 4 is 56.4 Å². The second kappa shape index (κ2) is 7.64. The molecule has 1 aromatic carbocycles. The Morgan fingerprint density at radius 2 is 2.22 bits per heavy atom. The highest BCUT2D eigenvalue weighted by molar-refractivity contribution is 7.20. The van der Waals surface area contributed by atoms with Crippen LogP contribution in [0, 0.1) is 0 Å². The largest absolute Gasteiger partial charge is 0.456 e. The van der Waals surface area contributed by atoms with E-state index in [0.29, 0.717) is 10.7 Å². The SMILES string of the molecule is Cn1cc(-c2nc(COC(=O)C=Cc3sc4ccccc4c3Cl)cs2)cn1. The van der Waals surface area contributed by atoms with E-state index in [2.05, 4.69) is 10.1 Å². The quantitative estimate of drug-likeness (QED) is 0.333. The smallest absolute Gasteiger partial charge is 0.331 e. The monoisotopic (exact) mass is 415 g/mol. The Morgan fingerprint density at radius 1 is 1.37 bits per heavy atom. The van der Waals surface area contributed by atoms with Crippen molar-refractivity contribution in [3.8, 4) is 10.6 Å². The molecule has 0 radical (unpaired) electrons. The zero-order valence-electron chi connectivity index (χ0n) is 14.3. The molecule has 0 fully saturated rings. The number of esters is 1. The van der Waals surface area contributed by atoms with Gasteiger partial charge in [-0.15, -0.1) is 22.7 Å². The second-order valence-corrected chi connectivity index (χ2v) is 8.08. The van der Waals surface area contributed by atoms with Crippen LogP contribution in [0.25, 0.3) is 26.7 Å². The lowest BCUT2D eigenvalue weighted by molar-refractivity contribution is -0.139. The Balaban J connectivity index is 1.39. The van der Waals surface area contributed by atoms with Crippen LogP contribution in [0.1, 0.15) is 10.6 Å². The highest BCUT2D eigenvalue weighted by atomic mass is 35.5. The summed E-state index contributed by atoms with van der Waals surface area (Å²) in [6.45, 7) is 0.125. The molecule has 0 amide bonds. The summed E-state index contributed by atoms with van der Waals surface area (Å²) in [5, 5.41) is 8.50. The van der Waals surface area contributed by atoms with E-state index < -0.39 is 5.97 Å². The fourth-order valence-electron chi connectivity index (χ4n) is 2.51. The van der Waals surface area contributed by atoms with Crippen LogP contribution in [0.3, 0.4) is 0 Å². The summed E-state index contributed by atoms with van der Waals surface area (Å²) in [7, 11) is 1.86. The highest BCUT2D eigenvalue weighted by Gasteiger charge is 2.10. The van der Waals surface area contributed by atoms with Crippen molar-refractivity contribution < 1.29 is 9.53 Å². The number of rotatable bonds is 5. The van der Waals surface area contributed by atoms with E-state index in [0.717, 1.165) is 25.5 Å². The van der Waals surface area contributed by atoms with Gasteiger partial charge in [0.2, 0.25) is 0 Å². The molecule has 0 bridgehead atoms. The summed E-state index contributed by atoms with van der Waals surface area (Å²) in [6, 6.07) is 7.87. The molecule has 8 heteroatoms. The Kier molecular flexibility index (Phi) is 5.07. The van der Waals surface area contributed by atoms with Crippen LogP contribution in [-0.4, -0.2) is 20.7 Å². The number of thiophene rings is 1. The molecule has 4 rings (SSSR count). The molecule has 136 valence electrons. The number of fused-ring (bicyclic) bond motifs is 1. The summed E-state index contributed by atoms with van der Waals surface area (Å²) in [5.74, 6) is -0.431.